The van der Waals surface area contributed by atoms with Gasteiger partial charge in [-0.2, -0.15) is 5.11 Å². The molecule has 0 aliphatic rings. The van der Waals surface area contributed by atoms with Crippen molar-refractivity contribution in [3.63, 3.8) is 0 Å². The van der Waals surface area contributed by atoms with Gasteiger partial charge in [0, 0.05) is 29.4 Å². The molecule has 0 fully saturated rings. The molecule has 0 spiro atoms. The van der Waals surface area contributed by atoms with E-state index in [1.807, 2.05) is 66.7 Å². The molecule has 0 saturated heterocycles. The van der Waals surface area contributed by atoms with Gasteiger partial charge in [-0.1, -0.05) is 48.5 Å². The number of allylic oxidation sites excluding steroid dienone is 2. The van der Waals surface area contributed by atoms with Crippen molar-refractivity contribution in [2.45, 2.75) is 6.92 Å². The Bertz CT molecular complexity index is 1920. The number of benzene rings is 3. The topological polar surface area (TPSA) is 91.9 Å². The molecule has 3 aromatic heterocycles. The summed E-state index contributed by atoms with van der Waals surface area (Å²) in [7, 11) is 0. The number of H-pyrrole nitrogens is 1. The quantitative estimate of drug-likeness (QED) is 0.165. The van der Waals surface area contributed by atoms with Crippen molar-refractivity contribution in [3.05, 3.63) is 125 Å². The summed E-state index contributed by atoms with van der Waals surface area (Å²) in [6.45, 7) is 1.73. The van der Waals surface area contributed by atoms with Gasteiger partial charge in [0.05, 0.1) is 22.1 Å². The number of azo groups is 1. The number of nitrogens with zero attached hydrogens (tertiary/aromatic N) is 4. The molecule has 0 bridgehead atoms. The van der Waals surface area contributed by atoms with Crippen LogP contribution in [-0.4, -0.2) is 20.2 Å². The van der Waals surface area contributed by atoms with E-state index < -0.39 is 0 Å². The van der Waals surface area contributed by atoms with Crippen molar-refractivity contribution in [1.82, 2.24) is 14.4 Å². The van der Waals surface area contributed by atoms with Gasteiger partial charge in [0.25, 0.3) is 5.56 Å². The fourth-order valence-corrected chi connectivity index (χ4v) is 4.49. The Morgan fingerprint density at radius 2 is 1.65 bits per heavy atom. The molecule has 7 heteroatoms. The van der Waals surface area contributed by atoms with Crippen LogP contribution in [-0.2, 0) is 0 Å². The second-order valence-corrected chi connectivity index (χ2v) is 8.69. The lowest BCUT2D eigenvalue weighted by Crippen LogP contribution is -2.13. The third-order valence-corrected chi connectivity index (χ3v) is 6.27. The number of hydrogen-bond acceptors (Lipinski definition) is 5. The summed E-state index contributed by atoms with van der Waals surface area (Å²) in [4.78, 5) is 33.6. The minimum atomic E-state index is -0.150. The Hall–Kier alpha value is -5.17. The molecular weight excluding hydrogens is 462 g/mol. The molecule has 178 valence electrons. The molecule has 0 atom stereocenters. The molecule has 37 heavy (non-hydrogen) atoms. The summed E-state index contributed by atoms with van der Waals surface area (Å²) in [5.74, 6) is -0.150. The number of nitrogens with one attached hydrogen (secondary N) is 1. The Balaban J connectivity index is 1.56. The Kier molecular flexibility index (Phi) is 5.50. The highest BCUT2D eigenvalue weighted by atomic mass is 16.1. The smallest absolute Gasteiger partial charge is 0.266 e. The summed E-state index contributed by atoms with van der Waals surface area (Å²) < 4.78 is 1.64. The molecule has 3 aromatic carbocycles. The second-order valence-electron chi connectivity index (χ2n) is 8.69. The maximum atomic E-state index is 13.5. The lowest BCUT2D eigenvalue weighted by atomic mass is 10.1. The monoisotopic (exact) mass is 483 g/mol. The molecule has 0 saturated carbocycles. The highest BCUT2D eigenvalue weighted by Crippen LogP contribution is 2.36. The molecule has 3 heterocycles. The van der Waals surface area contributed by atoms with Crippen LogP contribution in [0.15, 0.2) is 124 Å². The highest BCUT2D eigenvalue weighted by Gasteiger charge is 2.17. The first-order valence-corrected chi connectivity index (χ1v) is 11.8. The predicted molar refractivity (Wildman–Crippen MR) is 145 cm³/mol. The van der Waals surface area contributed by atoms with Crippen molar-refractivity contribution in [2.24, 2.45) is 10.2 Å². The third-order valence-electron chi connectivity index (χ3n) is 6.27. The van der Waals surface area contributed by atoms with Crippen LogP contribution in [0.25, 0.3) is 38.6 Å². The Morgan fingerprint density at radius 3 is 2.46 bits per heavy atom. The van der Waals surface area contributed by atoms with E-state index in [2.05, 4.69) is 20.2 Å². The van der Waals surface area contributed by atoms with Crippen LogP contribution in [0.1, 0.15) is 17.3 Å². The molecule has 0 aliphatic heterocycles. The van der Waals surface area contributed by atoms with E-state index in [9.17, 15) is 9.59 Å². The summed E-state index contributed by atoms with van der Waals surface area (Å²) in [6.07, 6.45) is 4.94. The van der Waals surface area contributed by atoms with E-state index in [1.54, 1.807) is 41.9 Å². The summed E-state index contributed by atoms with van der Waals surface area (Å²) >= 11 is 0. The van der Waals surface area contributed by atoms with Crippen LogP contribution < -0.4 is 5.56 Å². The molecule has 6 rings (SSSR count). The van der Waals surface area contributed by atoms with Crippen molar-refractivity contribution in [1.29, 1.82) is 0 Å². The zero-order valence-corrected chi connectivity index (χ0v) is 19.9. The highest BCUT2D eigenvalue weighted by molar-refractivity contribution is 6.05. The zero-order valence-electron chi connectivity index (χ0n) is 19.9. The first-order valence-electron chi connectivity index (χ1n) is 11.8. The lowest BCUT2D eigenvalue weighted by molar-refractivity contribution is 0.104. The minimum absolute atomic E-state index is 0.140. The lowest BCUT2D eigenvalue weighted by Gasteiger charge is -2.02. The van der Waals surface area contributed by atoms with Gasteiger partial charge in [-0.25, -0.2) is 0 Å². The van der Waals surface area contributed by atoms with Crippen molar-refractivity contribution < 1.29 is 4.79 Å². The number of carbonyl (C=O) groups is 1. The van der Waals surface area contributed by atoms with Crippen molar-refractivity contribution >= 4 is 38.9 Å². The van der Waals surface area contributed by atoms with Gasteiger partial charge in [-0.3, -0.25) is 19.0 Å². The van der Waals surface area contributed by atoms with E-state index in [0.29, 0.717) is 33.5 Å². The molecule has 7 nitrogen and oxygen atoms in total. The van der Waals surface area contributed by atoms with Gasteiger partial charge in [-0.05, 0) is 54.4 Å². The largest absolute Gasteiger partial charge is 0.339 e. The molecule has 0 unspecified atom stereocenters. The molecule has 1 N–H and O–H groups in total. The number of fused-ring (bicyclic) bond motifs is 4. The van der Waals surface area contributed by atoms with Crippen LogP contribution in [0.5, 0.6) is 0 Å². The first kappa shape index (κ1) is 22.3. The van der Waals surface area contributed by atoms with Gasteiger partial charge in [0.1, 0.15) is 11.3 Å². The normalized spacial score (nSPS) is 12.2. The zero-order chi connectivity index (χ0) is 25.4. The summed E-state index contributed by atoms with van der Waals surface area (Å²) in [5, 5.41) is 10.3. The van der Waals surface area contributed by atoms with E-state index in [1.165, 1.54) is 6.08 Å². The van der Waals surface area contributed by atoms with E-state index in [-0.39, 0.29) is 11.3 Å². The number of hydrogen-bond donors (Lipinski definition) is 1. The van der Waals surface area contributed by atoms with Gasteiger partial charge in [0.2, 0.25) is 0 Å². The second kappa shape index (κ2) is 9.13. The number of rotatable bonds is 5. The Morgan fingerprint density at radius 1 is 0.892 bits per heavy atom. The molecule has 6 aromatic rings. The molecular formula is C30H21N5O2. The molecule has 0 amide bonds. The van der Waals surface area contributed by atoms with Crippen molar-refractivity contribution in [3.8, 4) is 11.1 Å². The first-order chi connectivity index (χ1) is 18.1. The third kappa shape index (κ3) is 4.02. The van der Waals surface area contributed by atoms with Crippen LogP contribution >= 0.6 is 0 Å². The maximum absolute atomic E-state index is 13.5. The Labute approximate surface area is 211 Å². The number of carbonyl (C=O) groups excluding carboxylic acids is 1. The number of ketones is 1. The van der Waals surface area contributed by atoms with Gasteiger partial charge >= 0.3 is 0 Å². The predicted octanol–water partition coefficient (Wildman–Crippen LogP) is 6.87. The fourth-order valence-electron chi connectivity index (χ4n) is 4.49. The number of aromatic nitrogens is 3. The van der Waals surface area contributed by atoms with Gasteiger partial charge in [0.15, 0.2) is 5.78 Å². The van der Waals surface area contributed by atoms with E-state index >= 15 is 0 Å². The summed E-state index contributed by atoms with van der Waals surface area (Å²) in [6, 6.07) is 26.2. The fraction of sp³-hybridized carbons (Fsp3) is 0.0333. The number of pyridine rings is 1. The standard InChI is InChI=1S/C30H21N5O2/c1-19(17-27(36)21-7-3-2-4-8-21)33-34-28-24-18-22(20-13-15-31-16-14-20)11-12-26(24)35-29(28)32-25-10-6-5-9-23(25)30(35)37/h2-18,32H,1H3. The van der Waals surface area contributed by atoms with E-state index in [4.69, 9.17) is 0 Å². The van der Waals surface area contributed by atoms with Crippen LogP contribution in [0.4, 0.5) is 5.69 Å². The van der Waals surface area contributed by atoms with Crippen molar-refractivity contribution in [2.75, 3.05) is 0 Å². The maximum Gasteiger partial charge on any atom is 0.266 e. The van der Waals surface area contributed by atoms with Crippen LogP contribution in [0, 0.1) is 0 Å². The van der Waals surface area contributed by atoms with Gasteiger partial charge in [-0.15, -0.1) is 5.11 Å². The summed E-state index contributed by atoms with van der Waals surface area (Å²) in [5.41, 5.74) is 5.34. The average Bonchev–Trinajstić information content (AvgIpc) is 3.25. The molecule has 0 radical (unpaired) electrons. The van der Waals surface area contributed by atoms with Crippen LogP contribution in [0.3, 0.4) is 0 Å². The van der Waals surface area contributed by atoms with E-state index in [0.717, 1.165) is 22.0 Å². The average molecular weight is 484 g/mol. The molecule has 0 aliphatic carbocycles. The van der Waals surface area contributed by atoms with Gasteiger partial charge < -0.3 is 4.98 Å². The number of aromatic amines is 1. The van der Waals surface area contributed by atoms with Crippen LogP contribution in [0.2, 0.25) is 0 Å². The SMILES string of the molecule is CC(=CC(=O)c1ccccc1)N=Nc1c2cc(-c3ccncc3)ccc2n2c(=O)c3ccccc3[nH]c12. The minimum Gasteiger partial charge on any atom is -0.339 e. The number of para-hydroxylation sites is 1.